The van der Waals surface area contributed by atoms with Gasteiger partial charge < -0.3 is 10.2 Å². The molecule has 3 heteroatoms. The van der Waals surface area contributed by atoms with E-state index < -0.39 is 0 Å². The summed E-state index contributed by atoms with van der Waals surface area (Å²) in [6.45, 7) is 8.65. The first-order valence-electron chi connectivity index (χ1n) is 6.59. The molecule has 1 aromatic carbocycles. The van der Waals surface area contributed by atoms with Crippen LogP contribution in [0.1, 0.15) is 25.0 Å². The largest absolute Gasteiger partial charge is 0.310 e. The van der Waals surface area contributed by atoms with Crippen molar-refractivity contribution in [3.05, 3.63) is 29.3 Å². The van der Waals surface area contributed by atoms with Crippen LogP contribution in [0.3, 0.4) is 0 Å². The predicted octanol–water partition coefficient (Wildman–Crippen LogP) is 3.15. The van der Waals surface area contributed by atoms with Crippen LogP contribution in [0.5, 0.6) is 0 Å². The summed E-state index contributed by atoms with van der Waals surface area (Å²) in [6, 6.07) is 7.34. The van der Waals surface area contributed by atoms with Gasteiger partial charge in [0, 0.05) is 29.8 Å². The predicted molar refractivity (Wildman–Crippen MR) is 82.4 cm³/mol. The van der Waals surface area contributed by atoms with Crippen molar-refractivity contribution in [2.75, 3.05) is 26.4 Å². The van der Waals surface area contributed by atoms with Crippen LogP contribution in [0.25, 0.3) is 0 Å². The summed E-state index contributed by atoms with van der Waals surface area (Å²) in [4.78, 5) is 3.60. The lowest BCUT2D eigenvalue weighted by Crippen LogP contribution is -2.22. The SMILES string of the molecule is Cc1cc(SCCN(C)C)ccc1CNC(C)C. The van der Waals surface area contributed by atoms with Gasteiger partial charge in [0.25, 0.3) is 0 Å². The molecule has 0 aliphatic rings. The van der Waals surface area contributed by atoms with Crippen molar-refractivity contribution < 1.29 is 0 Å². The topological polar surface area (TPSA) is 15.3 Å². The van der Waals surface area contributed by atoms with E-state index in [9.17, 15) is 0 Å². The molecule has 0 atom stereocenters. The van der Waals surface area contributed by atoms with Crippen LogP contribution in [0.4, 0.5) is 0 Å². The van der Waals surface area contributed by atoms with E-state index >= 15 is 0 Å². The molecule has 0 aromatic heterocycles. The number of thioether (sulfide) groups is 1. The van der Waals surface area contributed by atoms with Gasteiger partial charge in [-0.1, -0.05) is 19.9 Å². The van der Waals surface area contributed by atoms with Crippen LogP contribution >= 0.6 is 11.8 Å². The van der Waals surface area contributed by atoms with Crippen LogP contribution in [0.15, 0.2) is 23.1 Å². The smallest absolute Gasteiger partial charge is 0.0210 e. The minimum Gasteiger partial charge on any atom is -0.310 e. The van der Waals surface area contributed by atoms with E-state index in [4.69, 9.17) is 0 Å². The van der Waals surface area contributed by atoms with Gasteiger partial charge in [-0.25, -0.2) is 0 Å². The van der Waals surface area contributed by atoms with E-state index in [0.717, 1.165) is 18.8 Å². The van der Waals surface area contributed by atoms with Crippen molar-refractivity contribution in [2.24, 2.45) is 0 Å². The summed E-state index contributed by atoms with van der Waals surface area (Å²) in [6.07, 6.45) is 0. The highest BCUT2D eigenvalue weighted by Gasteiger charge is 2.02. The molecule has 0 unspecified atom stereocenters. The van der Waals surface area contributed by atoms with E-state index in [0.29, 0.717) is 6.04 Å². The van der Waals surface area contributed by atoms with E-state index in [2.05, 4.69) is 63.3 Å². The quantitative estimate of drug-likeness (QED) is 0.763. The number of nitrogens with one attached hydrogen (secondary N) is 1. The number of benzene rings is 1. The summed E-state index contributed by atoms with van der Waals surface area (Å²) >= 11 is 1.93. The van der Waals surface area contributed by atoms with Gasteiger partial charge in [-0.15, -0.1) is 11.8 Å². The minimum absolute atomic E-state index is 0.540. The van der Waals surface area contributed by atoms with Crippen LogP contribution in [0, 0.1) is 6.92 Å². The molecule has 0 saturated carbocycles. The molecule has 0 heterocycles. The number of hydrogen-bond acceptors (Lipinski definition) is 3. The zero-order valence-corrected chi connectivity index (χ0v) is 13.1. The fraction of sp³-hybridized carbons (Fsp3) is 0.600. The molecule has 102 valence electrons. The second-order valence-corrected chi connectivity index (χ2v) is 6.44. The Labute approximate surface area is 116 Å². The Morgan fingerprint density at radius 1 is 1.28 bits per heavy atom. The first-order chi connectivity index (χ1) is 8.49. The molecule has 1 N–H and O–H groups in total. The Hall–Kier alpha value is -0.510. The Morgan fingerprint density at radius 3 is 2.56 bits per heavy atom. The summed E-state index contributed by atoms with van der Waals surface area (Å²) in [7, 11) is 4.24. The van der Waals surface area contributed by atoms with Crippen molar-refractivity contribution >= 4 is 11.8 Å². The molecule has 0 radical (unpaired) electrons. The van der Waals surface area contributed by atoms with Crippen molar-refractivity contribution in [3.8, 4) is 0 Å². The maximum Gasteiger partial charge on any atom is 0.0210 e. The van der Waals surface area contributed by atoms with E-state index in [1.165, 1.54) is 16.0 Å². The normalized spacial score (nSPS) is 11.5. The van der Waals surface area contributed by atoms with Gasteiger partial charge in [-0.2, -0.15) is 0 Å². The molecule has 2 nitrogen and oxygen atoms in total. The lowest BCUT2D eigenvalue weighted by atomic mass is 10.1. The van der Waals surface area contributed by atoms with E-state index in [1.54, 1.807) is 0 Å². The van der Waals surface area contributed by atoms with Gasteiger partial charge in [-0.05, 0) is 44.3 Å². The first kappa shape index (κ1) is 15.5. The molecule has 0 bridgehead atoms. The Balaban J connectivity index is 2.51. The second kappa shape index (κ2) is 7.82. The third-order valence-electron chi connectivity index (χ3n) is 2.82. The van der Waals surface area contributed by atoms with Gasteiger partial charge in [0.1, 0.15) is 0 Å². The van der Waals surface area contributed by atoms with Gasteiger partial charge in [-0.3, -0.25) is 0 Å². The molecule has 0 aliphatic heterocycles. The molecule has 0 spiro atoms. The summed E-state index contributed by atoms with van der Waals surface area (Å²) in [5.41, 5.74) is 2.79. The number of rotatable bonds is 7. The highest BCUT2D eigenvalue weighted by Crippen LogP contribution is 2.21. The van der Waals surface area contributed by atoms with Crippen LogP contribution < -0.4 is 5.32 Å². The molecule has 1 aromatic rings. The molecular formula is C15H26N2S. The lowest BCUT2D eigenvalue weighted by Gasteiger charge is -2.12. The van der Waals surface area contributed by atoms with E-state index in [1.807, 2.05) is 11.8 Å². The molecule has 0 aliphatic carbocycles. The van der Waals surface area contributed by atoms with Gasteiger partial charge >= 0.3 is 0 Å². The van der Waals surface area contributed by atoms with Crippen molar-refractivity contribution in [1.29, 1.82) is 0 Å². The monoisotopic (exact) mass is 266 g/mol. The van der Waals surface area contributed by atoms with Crippen LogP contribution in [0.2, 0.25) is 0 Å². The average Bonchev–Trinajstić information content (AvgIpc) is 2.27. The third-order valence-corrected chi connectivity index (χ3v) is 3.80. The highest BCUT2D eigenvalue weighted by molar-refractivity contribution is 7.99. The van der Waals surface area contributed by atoms with Crippen molar-refractivity contribution in [2.45, 2.75) is 38.3 Å². The van der Waals surface area contributed by atoms with Gasteiger partial charge in [0.05, 0.1) is 0 Å². The van der Waals surface area contributed by atoms with Crippen molar-refractivity contribution in [3.63, 3.8) is 0 Å². The molecule has 0 fully saturated rings. The average molecular weight is 266 g/mol. The molecule has 0 amide bonds. The Kier molecular flexibility index (Phi) is 6.76. The fourth-order valence-electron chi connectivity index (χ4n) is 1.62. The van der Waals surface area contributed by atoms with Gasteiger partial charge in [0.15, 0.2) is 0 Å². The zero-order chi connectivity index (χ0) is 13.5. The summed E-state index contributed by atoms with van der Waals surface area (Å²) < 4.78 is 0. The molecule has 1 rings (SSSR count). The number of hydrogen-bond donors (Lipinski definition) is 1. The molecular weight excluding hydrogens is 240 g/mol. The fourth-order valence-corrected chi connectivity index (χ4v) is 2.73. The first-order valence-corrected chi connectivity index (χ1v) is 7.58. The standard InChI is InChI=1S/C15H26N2S/c1-12(2)16-11-14-6-7-15(10-13(14)3)18-9-8-17(4)5/h6-7,10,12,16H,8-9,11H2,1-5H3. The highest BCUT2D eigenvalue weighted by atomic mass is 32.2. The Bertz CT molecular complexity index is 362. The van der Waals surface area contributed by atoms with E-state index in [-0.39, 0.29) is 0 Å². The maximum absolute atomic E-state index is 3.47. The maximum atomic E-state index is 3.47. The molecule has 0 saturated heterocycles. The Morgan fingerprint density at radius 2 is 2.00 bits per heavy atom. The number of aryl methyl sites for hydroxylation is 1. The zero-order valence-electron chi connectivity index (χ0n) is 12.3. The van der Waals surface area contributed by atoms with Crippen LogP contribution in [-0.2, 0) is 6.54 Å². The summed E-state index contributed by atoms with van der Waals surface area (Å²) in [5, 5.41) is 3.47. The summed E-state index contributed by atoms with van der Waals surface area (Å²) in [5.74, 6) is 1.15. The second-order valence-electron chi connectivity index (χ2n) is 5.28. The lowest BCUT2D eigenvalue weighted by molar-refractivity contribution is 0.437. The minimum atomic E-state index is 0.540. The van der Waals surface area contributed by atoms with Gasteiger partial charge in [0.2, 0.25) is 0 Å². The molecule has 18 heavy (non-hydrogen) atoms. The van der Waals surface area contributed by atoms with Crippen molar-refractivity contribution in [1.82, 2.24) is 10.2 Å². The van der Waals surface area contributed by atoms with Crippen LogP contribution in [-0.4, -0.2) is 37.3 Å². The third kappa shape index (κ3) is 5.89. The number of nitrogens with zero attached hydrogens (tertiary/aromatic N) is 1.